The summed E-state index contributed by atoms with van der Waals surface area (Å²) in [6.45, 7) is -2.57. The predicted octanol–water partition coefficient (Wildman–Crippen LogP) is 1.28. The van der Waals surface area contributed by atoms with Crippen LogP contribution in [-0.4, -0.2) is 10.8 Å². The first-order valence-electron chi connectivity index (χ1n) is 3.96. The summed E-state index contributed by atoms with van der Waals surface area (Å²) in [6.07, 6.45) is 2.73. The van der Waals surface area contributed by atoms with Gasteiger partial charge in [-0.1, -0.05) is 0 Å². The highest BCUT2D eigenvalue weighted by molar-refractivity contribution is 5.93. The maximum absolute atomic E-state index is 11.1. The highest BCUT2D eigenvalue weighted by Crippen LogP contribution is 1.94. The number of Topliss-reactive ketones (excluding diaryl/α,β-unsaturated/α-hetero) is 1. The Bertz CT molecular complexity index is 280. The van der Waals surface area contributed by atoms with Crippen LogP contribution in [0.2, 0.25) is 0 Å². The van der Waals surface area contributed by atoms with Crippen molar-refractivity contribution in [1.29, 1.82) is 0 Å². The fourth-order valence-corrected chi connectivity index (χ4v) is 0.497. The molecule has 0 unspecified atom stereocenters. The van der Waals surface area contributed by atoms with Gasteiger partial charge in [-0.25, -0.2) is 0 Å². The van der Waals surface area contributed by atoms with Gasteiger partial charge >= 0.3 is 0 Å². The number of nitrogens with zero attached hydrogens (tertiary/aromatic N) is 1. The lowest BCUT2D eigenvalue weighted by Gasteiger charge is -1.88. The topological polar surface area (TPSA) is 30.0 Å². The smallest absolute Gasteiger partial charge is 0.161 e. The summed E-state index contributed by atoms with van der Waals surface area (Å²) in [5, 5.41) is 0. The van der Waals surface area contributed by atoms with Gasteiger partial charge in [0, 0.05) is 22.1 Å². The molecule has 0 aliphatic rings. The van der Waals surface area contributed by atoms with E-state index in [0.717, 1.165) is 0 Å². The summed E-state index contributed by atoms with van der Waals surface area (Å²) < 4.78 is 20.5. The average molecular weight is 124 g/mol. The second-order valence-electron chi connectivity index (χ2n) is 1.57. The third kappa shape index (κ3) is 1.35. The van der Waals surface area contributed by atoms with Crippen LogP contribution in [0.15, 0.2) is 24.5 Å². The molecule has 1 aromatic heterocycles. The lowest BCUT2D eigenvalue weighted by Crippen LogP contribution is -1.90. The molecule has 0 radical (unpaired) electrons. The molecule has 0 saturated carbocycles. The van der Waals surface area contributed by atoms with Gasteiger partial charge in [0.05, 0.1) is 0 Å². The Morgan fingerprint density at radius 3 is 3.33 bits per heavy atom. The van der Waals surface area contributed by atoms with Crippen molar-refractivity contribution in [2.45, 2.75) is 6.85 Å². The molecule has 0 spiro atoms. The minimum absolute atomic E-state index is 0.123. The molecule has 0 fully saturated rings. The van der Waals surface area contributed by atoms with Crippen LogP contribution in [0.1, 0.15) is 21.3 Å². The fourth-order valence-electron chi connectivity index (χ4n) is 0.497. The zero-order valence-corrected chi connectivity index (χ0v) is 4.66. The maximum atomic E-state index is 11.1. The Morgan fingerprint density at radius 1 is 1.89 bits per heavy atom. The van der Waals surface area contributed by atoms with Gasteiger partial charge in [-0.2, -0.15) is 0 Å². The number of carbonyl (C=O) groups excluding carboxylic acids is 1. The van der Waals surface area contributed by atoms with E-state index in [4.69, 9.17) is 4.11 Å². The summed E-state index contributed by atoms with van der Waals surface area (Å²) in [4.78, 5) is 14.7. The van der Waals surface area contributed by atoms with Gasteiger partial charge < -0.3 is 0 Å². The third-order valence-corrected chi connectivity index (χ3v) is 0.924. The first-order valence-corrected chi connectivity index (χ1v) is 2.46. The predicted molar refractivity (Wildman–Crippen MR) is 34.2 cm³/mol. The molecule has 1 aromatic rings. The highest BCUT2D eigenvalue weighted by Gasteiger charge is 1.93. The second kappa shape index (κ2) is 2.40. The Hall–Kier alpha value is -1.18. The van der Waals surface area contributed by atoms with Crippen LogP contribution in [0, 0.1) is 0 Å². The van der Waals surface area contributed by atoms with E-state index < -0.39 is 12.6 Å². The van der Waals surface area contributed by atoms with Crippen molar-refractivity contribution >= 4 is 5.78 Å². The van der Waals surface area contributed by atoms with Crippen LogP contribution in [0.4, 0.5) is 0 Å². The van der Waals surface area contributed by atoms with Crippen molar-refractivity contribution in [2.24, 2.45) is 0 Å². The number of hydrogen-bond acceptors (Lipinski definition) is 2. The van der Waals surface area contributed by atoms with Gasteiger partial charge in [0.25, 0.3) is 0 Å². The molecule has 0 aliphatic heterocycles. The van der Waals surface area contributed by atoms with E-state index >= 15 is 0 Å². The van der Waals surface area contributed by atoms with Gasteiger partial charge in [0.15, 0.2) is 5.78 Å². The normalized spacial score (nSPS) is 15.3. The van der Waals surface area contributed by atoms with Gasteiger partial charge in [-0.3, -0.25) is 9.78 Å². The van der Waals surface area contributed by atoms with Gasteiger partial charge in [0.2, 0.25) is 0 Å². The largest absolute Gasteiger partial charge is 0.294 e. The highest BCUT2D eigenvalue weighted by atomic mass is 16.1. The molecular weight excluding hydrogens is 114 g/mol. The minimum Gasteiger partial charge on any atom is -0.294 e. The van der Waals surface area contributed by atoms with Gasteiger partial charge in [0.1, 0.15) is 0 Å². The summed E-state index contributed by atoms with van der Waals surface area (Å²) in [5.41, 5.74) is 0.123. The fraction of sp³-hybridized carbons (Fsp3) is 0.143. The van der Waals surface area contributed by atoms with Gasteiger partial charge in [-0.05, 0) is 19.0 Å². The zero-order valence-electron chi connectivity index (χ0n) is 7.66. The first-order chi connectivity index (χ1) is 5.52. The van der Waals surface area contributed by atoms with Crippen LogP contribution < -0.4 is 0 Å². The van der Waals surface area contributed by atoms with Crippen LogP contribution in [0.5, 0.6) is 0 Å². The summed E-state index contributed by atoms with van der Waals surface area (Å²) in [7, 11) is 0. The number of rotatable bonds is 1. The molecule has 2 heteroatoms. The van der Waals surface area contributed by atoms with Crippen LogP contribution in [0.25, 0.3) is 0 Å². The van der Waals surface area contributed by atoms with E-state index in [9.17, 15) is 4.79 Å². The van der Waals surface area contributed by atoms with E-state index in [-0.39, 0.29) is 5.56 Å². The lowest BCUT2D eigenvalue weighted by atomic mass is 10.2. The second-order valence-corrected chi connectivity index (χ2v) is 1.57. The number of aromatic nitrogens is 1. The first kappa shape index (κ1) is 3.11. The SMILES string of the molecule is [2H]C([2H])([2H])C(=O)c1cccnc1. The van der Waals surface area contributed by atoms with Gasteiger partial charge in [-0.15, -0.1) is 0 Å². The standard InChI is InChI=1S/C7H7NO/c1-6(9)7-3-2-4-8-5-7/h2-5H,1H3/i1D3. The van der Waals surface area contributed by atoms with E-state index in [1.807, 2.05) is 0 Å². The Balaban J connectivity index is 2.94. The summed E-state index contributed by atoms with van der Waals surface area (Å²) in [6, 6.07) is 2.96. The third-order valence-electron chi connectivity index (χ3n) is 0.924. The van der Waals surface area contributed by atoms with Crippen molar-refractivity contribution in [1.82, 2.24) is 4.98 Å². The summed E-state index contributed by atoms with van der Waals surface area (Å²) in [5.74, 6) is -0.865. The quantitative estimate of drug-likeness (QED) is 0.528. The van der Waals surface area contributed by atoms with Crippen LogP contribution >= 0.6 is 0 Å². The molecule has 0 bridgehead atoms. The number of hydrogen-bond donors (Lipinski definition) is 0. The van der Waals surface area contributed by atoms with Crippen molar-refractivity contribution in [2.75, 3.05) is 0 Å². The molecule has 1 rings (SSSR count). The molecule has 0 atom stereocenters. The molecule has 0 saturated heterocycles. The Labute approximate surface area is 57.8 Å². The van der Waals surface area contributed by atoms with E-state index in [1.165, 1.54) is 24.5 Å². The molecular formula is C7H7NO. The van der Waals surface area contributed by atoms with Crippen LogP contribution in [-0.2, 0) is 0 Å². The molecule has 1 heterocycles. The molecule has 46 valence electrons. The zero-order chi connectivity index (χ0) is 9.19. The van der Waals surface area contributed by atoms with Crippen molar-refractivity contribution in [3.05, 3.63) is 30.1 Å². The van der Waals surface area contributed by atoms with Crippen molar-refractivity contribution in [3.8, 4) is 0 Å². The van der Waals surface area contributed by atoms with E-state index in [0.29, 0.717) is 0 Å². The average Bonchev–Trinajstić information content (AvgIpc) is 2.03. The molecule has 0 aliphatic carbocycles. The summed E-state index contributed by atoms with van der Waals surface area (Å²) >= 11 is 0. The molecule has 0 N–H and O–H groups in total. The Kier molecular flexibility index (Phi) is 0.827. The Morgan fingerprint density at radius 2 is 2.78 bits per heavy atom. The molecule has 9 heavy (non-hydrogen) atoms. The minimum atomic E-state index is -2.57. The molecule has 0 amide bonds. The van der Waals surface area contributed by atoms with Crippen LogP contribution in [0.3, 0.4) is 0 Å². The molecule has 2 nitrogen and oxygen atoms in total. The maximum Gasteiger partial charge on any atom is 0.161 e. The number of carbonyl (C=O) groups is 1. The molecule has 0 aromatic carbocycles. The van der Waals surface area contributed by atoms with Crippen molar-refractivity contribution in [3.63, 3.8) is 0 Å². The van der Waals surface area contributed by atoms with Crippen molar-refractivity contribution < 1.29 is 8.91 Å². The number of pyridine rings is 1. The van der Waals surface area contributed by atoms with E-state index in [1.54, 1.807) is 0 Å². The monoisotopic (exact) mass is 124 g/mol. The number of ketones is 1. The lowest BCUT2D eigenvalue weighted by molar-refractivity contribution is 0.101. The van der Waals surface area contributed by atoms with E-state index in [2.05, 4.69) is 4.98 Å².